The molecule has 0 saturated carbocycles. The maximum atomic E-state index is 15.2. The van der Waals surface area contributed by atoms with Crippen LogP contribution in [0.4, 0.5) is 0 Å². The molecular weight excluding hydrogens is 1940 g/mol. The fourth-order valence-electron chi connectivity index (χ4n) is 16.7. The summed E-state index contributed by atoms with van der Waals surface area (Å²) in [5.41, 5.74) is 30.6. The number of H-pyrrole nitrogens is 2. The Labute approximate surface area is 864 Å². The third-order valence-corrected chi connectivity index (χ3v) is 24.9. The molecule has 19 amide bonds. The number of likely N-dealkylation sites (tertiary alicyclic amines) is 1. The maximum Gasteiger partial charge on any atom is 0.325 e. The van der Waals surface area contributed by atoms with Gasteiger partial charge in [-0.1, -0.05) is 106 Å². The molecule has 2 aromatic carbocycles. The van der Waals surface area contributed by atoms with Crippen molar-refractivity contribution >= 4 is 146 Å². The molecule has 1 saturated heterocycles. The van der Waals surface area contributed by atoms with Crippen molar-refractivity contribution in [1.29, 1.82) is 0 Å². The van der Waals surface area contributed by atoms with Gasteiger partial charge in [-0.2, -0.15) is 0 Å². The molecule has 0 bridgehead atoms. The van der Waals surface area contributed by atoms with E-state index in [-0.39, 0.29) is 109 Å². The number of nitrogens with zero attached hydrogens (tertiary/aromatic N) is 1. The van der Waals surface area contributed by atoms with Crippen molar-refractivity contribution in [3.8, 4) is 0 Å². The zero-order valence-electron chi connectivity index (χ0n) is 87.1. The first kappa shape index (κ1) is 126. The van der Waals surface area contributed by atoms with E-state index in [2.05, 4.69) is 95.0 Å². The van der Waals surface area contributed by atoms with Gasteiger partial charge in [0.15, 0.2) is 0 Å². The van der Waals surface area contributed by atoms with Crippen LogP contribution in [0.5, 0.6) is 0 Å². The van der Waals surface area contributed by atoms with Crippen molar-refractivity contribution in [2.75, 3.05) is 26.2 Å². The van der Waals surface area contributed by atoms with Gasteiger partial charge >= 0.3 is 11.9 Å². The van der Waals surface area contributed by atoms with Gasteiger partial charge in [-0.15, -0.1) is 0 Å². The Morgan fingerprint density at radius 2 is 0.718 bits per heavy atom. The van der Waals surface area contributed by atoms with Gasteiger partial charge in [-0.25, -0.2) is 0 Å². The number of aliphatic hydroxyl groups is 3. The van der Waals surface area contributed by atoms with Crippen LogP contribution in [0.15, 0.2) is 60.9 Å². The van der Waals surface area contributed by atoms with E-state index in [1.807, 2.05) is 0 Å². The number of aromatic amines is 2. The van der Waals surface area contributed by atoms with Gasteiger partial charge in [-0.3, -0.25) is 101 Å². The Kier molecular flexibility index (Phi) is 52.1. The standard InChI is InChI=1S/C99H156N24O26/c1-48(2)38-67(87(136)108-54(12)99(148)149)118-94(143)75-30-23-37-123(75)98(147)73(41-51(7)8)119-90(139)71(43-58-46-106-62-27-18-16-25-60(58)62)116-85(134)65(31-33-76(102)127)111-83(132)64(29-20-22-36-101)112-97(146)81(56(14)126)122-92(141)69(40-50(5)6)114-88(137)68(39-49(3)4)113-91(140)72(44-78(129)130)117-89(138)70(42-57-45-105-61-26-17-15-24-59(57)61)115-84(133)63(28-19-21-35-100)110-93(142)74(47-124)120-96(145)80(52(9)10)121-86(135)66(32-34-77(103)128)109-82(131)53(11)107-95(144)79(104)55(13)125/h15-18,24-27,45-46,48-56,63-75,79-81,105-106,124-126H,19-23,28-44,47,100-101,104H2,1-14H3,(H2,102,127)(H2,103,128)(H,107,144)(H,108,136)(H,109,131)(H,110,142)(H,111,132)(H,112,146)(H,113,140)(H,114,137)(H,115,133)(H,116,134)(H,117,138)(H,118,143)(H,119,139)(H,120,145)(H,121,135)(H,122,141)(H,129,130)(H,148,149)/t53-,54-,55+,56+,63-,64-,65-,66-,67-,68-,69-,70-,71-,72-,73-,74-,75-,79-,80-,81-/m0/s1. The summed E-state index contributed by atoms with van der Waals surface area (Å²) in [6.07, 6.45) is -3.18. The van der Waals surface area contributed by atoms with Crippen LogP contribution in [0.3, 0.4) is 0 Å². The molecule has 828 valence electrons. The zero-order valence-corrected chi connectivity index (χ0v) is 87.1. The third-order valence-electron chi connectivity index (χ3n) is 24.9. The highest BCUT2D eigenvalue weighted by Gasteiger charge is 2.44. The molecule has 1 aliphatic heterocycles. The molecule has 33 N–H and O–H groups in total. The van der Waals surface area contributed by atoms with Crippen molar-refractivity contribution < 1.29 is 126 Å². The van der Waals surface area contributed by atoms with E-state index in [0.29, 0.717) is 39.4 Å². The number of carboxylic acid groups (broad SMARTS) is 2. The number of hydrogen-bond donors (Lipinski definition) is 28. The number of carbonyl (C=O) groups excluding carboxylic acids is 19. The number of aliphatic hydroxyl groups excluding tert-OH is 3. The van der Waals surface area contributed by atoms with Crippen LogP contribution in [-0.2, 0) is 114 Å². The van der Waals surface area contributed by atoms with Gasteiger partial charge in [0.05, 0.1) is 25.2 Å². The average molecular weight is 2100 g/mol. The number of aromatic nitrogens is 2. The number of amides is 19. The number of hydrogen-bond acceptors (Lipinski definition) is 27. The number of aliphatic carboxylic acids is 2. The van der Waals surface area contributed by atoms with Gasteiger partial charge in [-0.05, 0) is 184 Å². The number of benzene rings is 2. The fraction of sp³-hybridized carbons (Fsp3) is 0.626. The van der Waals surface area contributed by atoms with E-state index in [9.17, 15) is 112 Å². The minimum atomic E-state index is -2.07. The van der Waals surface area contributed by atoms with Gasteiger partial charge in [0.2, 0.25) is 112 Å². The predicted octanol–water partition coefficient (Wildman–Crippen LogP) is -4.51. The predicted molar refractivity (Wildman–Crippen MR) is 545 cm³/mol. The van der Waals surface area contributed by atoms with E-state index < -0.39 is 308 Å². The summed E-state index contributed by atoms with van der Waals surface area (Å²) < 4.78 is 0. The molecule has 2 aromatic heterocycles. The summed E-state index contributed by atoms with van der Waals surface area (Å²) >= 11 is 0. The lowest BCUT2D eigenvalue weighted by Gasteiger charge is -2.32. The molecule has 3 heterocycles. The highest BCUT2D eigenvalue weighted by atomic mass is 16.4. The van der Waals surface area contributed by atoms with E-state index in [1.54, 1.807) is 110 Å². The first-order chi connectivity index (χ1) is 70.1. The van der Waals surface area contributed by atoms with E-state index in [1.165, 1.54) is 45.7 Å². The molecule has 0 unspecified atom stereocenters. The monoisotopic (exact) mass is 2100 g/mol. The van der Waals surface area contributed by atoms with Crippen molar-refractivity contribution in [2.24, 2.45) is 58.3 Å². The number of primary amides is 2. The number of nitrogens with two attached hydrogens (primary N) is 5. The van der Waals surface area contributed by atoms with Crippen LogP contribution < -0.4 is 114 Å². The number of rotatable bonds is 66. The first-order valence-electron chi connectivity index (χ1n) is 50.5. The van der Waals surface area contributed by atoms with Gasteiger partial charge in [0.25, 0.3) is 0 Å². The van der Waals surface area contributed by atoms with Crippen molar-refractivity contribution in [3.63, 3.8) is 0 Å². The van der Waals surface area contributed by atoms with E-state index >= 15 is 14.4 Å². The molecule has 149 heavy (non-hydrogen) atoms. The summed E-state index contributed by atoms with van der Waals surface area (Å²) in [4.78, 5) is 302. The van der Waals surface area contributed by atoms with E-state index in [4.69, 9.17) is 28.7 Å². The summed E-state index contributed by atoms with van der Waals surface area (Å²) in [6.45, 7) is 20.7. The number of fused-ring (bicyclic) bond motifs is 2. The topological polar surface area (TPSA) is 817 Å². The second-order valence-corrected chi connectivity index (χ2v) is 40.0. The van der Waals surface area contributed by atoms with Crippen molar-refractivity contribution in [3.05, 3.63) is 72.1 Å². The van der Waals surface area contributed by atoms with Crippen molar-refractivity contribution in [2.45, 2.75) is 340 Å². The number of carboxylic acids is 2. The first-order valence-corrected chi connectivity index (χ1v) is 50.5. The highest BCUT2D eigenvalue weighted by molar-refractivity contribution is 6.03. The van der Waals surface area contributed by atoms with Crippen LogP contribution in [0.1, 0.15) is 217 Å². The summed E-state index contributed by atoms with van der Waals surface area (Å²) in [6, 6.07) is -14.6. The average Bonchev–Trinajstić information content (AvgIpc) is 1.70. The van der Waals surface area contributed by atoms with Gasteiger partial charge in [0.1, 0.15) is 109 Å². The quantitative estimate of drug-likeness (QED) is 0.0185. The smallest absolute Gasteiger partial charge is 0.325 e. The largest absolute Gasteiger partial charge is 0.481 e. The zero-order chi connectivity index (χ0) is 112. The number of nitrogens with one attached hydrogen (secondary N) is 18. The molecule has 0 radical (unpaired) electrons. The summed E-state index contributed by atoms with van der Waals surface area (Å²) in [5, 5.41) is 93.3. The molecule has 5 rings (SSSR count). The second-order valence-electron chi connectivity index (χ2n) is 40.0. The normalized spacial score (nSPS) is 16.4. The Hall–Kier alpha value is -13.8. The SMILES string of the molecule is CC(C)C[C@H](NC(=O)[C@H](CC(=O)O)NC(=O)[C@H](Cc1c[nH]c2ccccc12)NC(=O)[C@H](CCCCN)NC(=O)[C@H](CO)NC(=O)[C@@H](NC(=O)[C@H](CCC(N)=O)NC(=O)[C@H](C)NC(=O)[C@@H](N)[C@@H](C)O)C(C)C)C(=O)N[C@@H](CC(C)C)C(=O)N[C@H](C(=O)N[C@@H](CCCCN)C(=O)N[C@@H](CCC(N)=O)C(=O)N[C@@H](Cc1c[nH]c2ccccc12)C(=O)N[C@@H](CC(C)C)C(=O)N1CCC[C@H]1C(=O)N[C@@H](CC(C)C)C(=O)N[C@@H](C)C(=O)O)[C@@H](C)O. The summed E-state index contributed by atoms with van der Waals surface area (Å²) in [5.74, 6) is -24.1. The second kappa shape index (κ2) is 61.8. The Balaban J connectivity index is 1.41. The summed E-state index contributed by atoms with van der Waals surface area (Å²) in [7, 11) is 0. The number of unbranched alkanes of at least 4 members (excludes halogenated alkanes) is 2. The molecule has 0 aliphatic carbocycles. The number of carbonyl (C=O) groups is 21. The van der Waals surface area contributed by atoms with Gasteiger partial charge < -0.3 is 154 Å². The van der Waals surface area contributed by atoms with Crippen LogP contribution in [0.2, 0.25) is 0 Å². The van der Waals surface area contributed by atoms with Crippen molar-refractivity contribution in [1.82, 2.24) is 99.9 Å². The number of para-hydroxylation sites is 2. The molecular formula is C99H156N24O26. The molecule has 0 spiro atoms. The Morgan fingerprint density at radius 3 is 1.14 bits per heavy atom. The molecule has 1 fully saturated rings. The van der Waals surface area contributed by atoms with E-state index in [0.717, 1.165) is 6.92 Å². The molecule has 4 aromatic rings. The fourth-order valence-corrected chi connectivity index (χ4v) is 16.7. The Morgan fingerprint density at radius 1 is 0.376 bits per heavy atom. The molecule has 1 aliphatic rings. The van der Waals surface area contributed by atoms with Crippen LogP contribution in [0, 0.1) is 29.6 Å². The lowest BCUT2D eigenvalue weighted by atomic mass is 9.99. The highest BCUT2D eigenvalue weighted by Crippen LogP contribution is 2.26. The third kappa shape index (κ3) is 41.3. The van der Waals surface area contributed by atoms with Crippen LogP contribution in [-0.4, -0.2) is 312 Å². The maximum absolute atomic E-state index is 15.2. The van der Waals surface area contributed by atoms with Gasteiger partial charge in [0, 0.05) is 66.4 Å². The molecule has 50 nitrogen and oxygen atoms in total. The lowest BCUT2D eigenvalue weighted by Crippen LogP contribution is -2.62. The Bertz CT molecular complexity index is 5260. The molecule has 20 atom stereocenters. The van der Waals surface area contributed by atoms with Crippen LogP contribution >= 0.6 is 0 Å². The molecule has 50 heteroatoms. The lowest BCUT2D eigenvalue weighted by molar-refractivity contribution is -0.143. The van der Waals surface area contributed by atoms with Crippen LogP contribution in [0.25, 0.3) is 21.8 Å². The minimum Gasteiger partial charge on any atom is -0.481 e. The minimum absolute atomic E-state index is 0.00509.